The number of aryl methyl sites for hydroxylation is 1. The summed E-state index contributed by atoms with van der Waals surface area (Å²) in [5.41, 5.74) is 0.857. The highest BCUT2D eigenvalue weighted by Crippen LogP contribution is 2.18. The normalized spacial score (nSPS) is 13.0. The van der Waals surface area contributed by atoms with E-state index >= 15 is 0 Å². The molecule has 2 heterocycles. The maximum absolute atomic E-state index is 4.23. The van der Waals surface area contributed by atoms with Gasteiger partial charge in [0.1, 0.15) is 12.1 Å². The fraction of sp³-hybridized carbons (Fsp3) is 0.500. The van der Waals surface area contributed by atoms with Crippen molar-refractivity contribution in [3.63, 3.8) is 0 Å². The van der Waals surface area contributed by atoms with E-state index in [9.17, 15) is 0 Å². The second-order valence-electron chi connectivity index (χ2n) is 3.68. The Kier molecular flexibility index (Phi) is 2.53. The summed E-state index contributed by atoms with van der Waals surface area (Å²) in [6, 6.07) is 0.406. The molecule has 2 rings (SSSR count). The molecule has 0 radical (unpaired) electrons. The Hall–Kier alpha value is -1.65. The summed E-state index contributed by atoms with van der Waals surface area (Å²) in [5.74, 6) is 0.863. The largest absolute Gasteiger partial charge is 0.367 e. The van der Waals surface area contributed by atoms with Gasteiger partial charge in [0.2, 0.25) is 0 Å². The minimum Gasteiger partial charge on any atom is -0.367 e. The van der Waals surface area contributed by atoms with Crippen LogP contribution >= 0.6 is 0 Å². The van der Waals surface area contributed by atoms with Crippen LogP contribution in [0.5, 0.6) is 0 Å². The molecular formula is C10H15N5. The third-order valence-electron chi connectivity index (χ3n) is 2.52. The van der Waals surface area contributed by atoms with Gasteiger partial charge in [0, 0.05) is 13.1 Å². The lowest BCUT2D eigenvalue weighted by molar-refractivity contribution is 0.759. The van der Waals surface area contributed by atoms with Gasteiger partial charge in [-0.2, -0.15) is 5.10 Å². The van der Waals surface area contributed by atoms with Crippen LogP contribution in [-0.4, -0.2) is 25.8 Å². The van der Waals surface area contributed by atoms with Crippen molar-refractivity contribution in [1.29, 1.82) is 0 Å². The maximum atomic E-state index is 4.23. The Morgan fingerprint density at radius 2 is 2.27 bits per heavy atom. The van der Waals surface area contributed by atoms with E-state index < -0.39 is 0 Å². The predicted molar refractivity (Wildman–Crippen MR) is 59.7 cm³/mol. The molecule has 0 fully saturated rings. The third kappa shape index (κ3) is 1.77. The van der Waals surface area contributed by atoms with Crippen LogP contribution in [0.1, 0.15) is 20.3 Å². The van der Waals surface area contributed by atoms with Crippen LogP contribution in [0.3, 0.4) is 0 Å². The molecule has 0 spiro atoms. The van der Waals surface area contributed by atoms with Crippen molar-refractivity contribution < 1.29 is 0 Å². The number of aromatic nitrogens is 4. The molecule has 0 saturated heterocycles. The lowest BCUT2D eigenvalue weighted by Gasteiger charge is -2.11. The van der Waals surface area contributed by atoms with Crippen LogP contribution in [-0.2, 0) is 7.05 Å². The van der Waals surface area contributed by atoms with E-state index in [1.54, 1.807) is 17.2 Å². The van der Waals surface area contributed by atoms with Crippen LogP contribution in [0.2, 0.25) is 0 Å². The summed E-state index contributed by atoms with van der Waals surface area (Å²) in [4.78, 5) is 8.42. The number of anilines is 1. The van der Waals surface area contributed by atoms with Crippen molar-refractivity contribution in [1.82, 2.24) is 19.7 Å². The first kappa shape index (κ1) is 9.89. The van der Waals surface area contributed by atoms with Crippen LogP contribution in [0.15, 0.2) is 12.5 Å². The number of nitrogens with zero attached hydrogens (tertiary/aromatic N) is 4. The Morgan fingerprint density at radius 1 is 1.47 bits per heavy atom. The molecule has 2 aromatic rings. The first-order chi connectivity index (χ1) is 7.22. The Balaban J connectivity index is 2.43. The Morgan fingerprint density at radius 3 is 3.00 bits per heavy atom. The number of fused-ring (bicyclic) bond motifs is 1. The first-order valence-electron chi connectivity index (χ1n) is 5.11. The van der Waals surface area contributed by atoms with Gasteiger partial charge in [-0.3, -0.25) is 4.68 Å². The van der Waals surface area contributed by atoms with Crippen LogP contribution in [0, 0.1) is 0 Å². The molecule has 5 heteroatoms. The average molecular weight is 205 g/mol. The fourth-order valence-corrected chi connectivity index (χ4v) is 1.41. The molecule has 0 aliphatic rings. The molecule has 0 bridgehead atoms. The zero-order chi connectivity index (χ0) is 10.8. The van der Waals surface area contributed by atoms with E-state index in [0.29, 0.717) is 6.04 Å². The lowest BCUT2D eigenvalue weighted by atomic mass is 10.2. The van der Waals surface area contributed by atoms with Crippen molar-refractivity contribution in [2.24, 2.45) is 7.05 Å². The summed E-state index contributed by atoms with van der Waals surface area (Å²) in [5, 5.41) is 8.48. The second kappa shape index (κ2) is 3.84. The molecule has 15 heavy (non-hydrogen) atoms. The Bertz CT molecular complexity index is 462. The standard InChI is InChI=1S/C10H15N5/c1-4-7(2)14-9-8-5-13-15(3)10(8)12-6-11-9/h5-7H,4H2,1-3H3,(H,11,12,14)/t7-/m0/s1. The van der Waals surface area contributed by atoms with Crippen molar-refractivity contribution in [3.05, 3.63) is 12.5 Å². The van der Waals surface area contributed by atoms with E-state index in [1.807, 2.05) is 7.05 Å². The SMILES string of the molecule is CC[C@H](C)Nc1ncnc2c1cnn2C. The molecule has 0 aromatic carbocycles. The van der Waals surface area contributed by atoms with E-state index in [-0.39, 0.29) is 0 Å². The van der Waals surface area contributed by atoms with Gasteiger partial charge < -0.3 is 5.32 Å². The molecular weight excluding hydrogens is 190 g/mol. The molecule has 80 valence electrons. The topological polar surface area (TPSA) is 55.6 Å². The van der Waals surface area contributed by atoms with Crippen molar-refractivity contribution in [3.8, 4) is 0 Å². The minimum atomic E-state index is 0.406. The molecule has 0 aliphatic heterocycles. The number of rotatable bonds is 3. The van der Waals surface area contributed by atoms with Gasteiger partial charge in [-0.25, -0.2) is 9.97 Å². The highest BCUT2D eigenvalue weighted by molar-refractivity contribution is 5.86. The van der Waals surface area contributed by atoms with Crippen LogP contribution in [0.25, 0.3) is 11.0 Å². The van der Waals surface area contributed by atoms with Crippen molar-refractivity contribution in [2.45, 2.75) is 26.3 Å². The lowest BCUT2D eigenvalue weighted by Crippen LogP contribution is -2.14. The molecule has 1 N–H and O–H groups in total. The van der Waals surface area contributed by atoms with Crippen molar-refractivity contribution in [2.75, 3.05) is 5.32 Å². The zero-order valence-corrected chi connectivity index (χ0v) is 9.23. The fourth-order valence-electron chi connectivity index (χ4n) is 1.41. The quantitative estimate of drug-likeness (QED) is 0.826. The summed E-state index contributed by atoms with van der Waals surface area (Å²) in [7, 11) is 1.88. The molecule has 1 atom stereocenters. The van der Waals surface area contributed by atoms with Gasteiger partial charge in [0.25, 0.3) is 0 Å². The summed E-state index contributed by atoms with van der Waals surface area (Å²) in [6.45, 7) is 4.27. The van der Waals surface area contributed by atoms with E-state index in [0.717, 1.165) is 23.3 Å². The molecule has 2 aromatic heterocycles. The van der Waals surface area contributed by atoms with Gasteiger partial charge >= 0.3 is 0 Å². The summed E-state index contributed by atoms with van der Waals surface area (Å²) in [6.07, 6.45) is 4.42. The van der Waals surface area contributed by atoms with E-state index in [4.69, 9.17) is 0 Å². The molecule has 0 amide bonds. The first-order valence-corrected chi connectivity index (χ1v) is 5.11. The number of hydrogen-bond acceptors (Lipinski definition) is 4. The average Bonchev–Trinajstić information content (AvgIpc) is 2.62. The van der Waals surface area contributed by atoms with E-state index in [2.05, 4.69) is 34.2 Å². The highest BCUT2D eigenvalue weighted by atomic mass is 15.3. The highest BCUT2D eigenvalue weighted by Gasteiger charge is 2.08. The van der Waals surface area contributed by atoms with Gasteiger partial charge in [0.15, 0.2) is 5.65 Å². The van der Waals surface area contributed by atoms with Gasteiger partial charge in [-0.1, -0.05) is 6.92 Å². The molecule has 5 nitrogen and oxygen atoms in total. The van der Waals surface area contributed by atoms with Crippen molar-refractivity contribution >= 4 is 16.9 Å². The molecule has 0 saturated carbocycles. The van der Waals surface area contributed by atoms with E-state index in [1.165, 1.54) is 0 Å². The minimum absolute atomic E-state index is 0.406. The van der Waals surface area contributed by atoms with Gasteiger partial charge in [-0.05, 0) is 13.3 Å². The number of hydrogen-bond donors (Lipinski definition) is 1. The second-order valence-corrected chi connectivity index (χ2v) is 3.68. The maximum Gasteiger partial charge on any atom is 0.163 e. The summed E-state index contributed by atoms with van der Waals surface area (Å²) < 4.78 is 1.75. The molecule has 0 unspecified atom stereocenters. The number of nitrogens with one attached hydrogen (secondary N) is 1. The third-order valence-corrected chi connectivity index (χ3v) is 2.52. The molecule has 0 aliphatic carbocycles. The smallest absolute Gasteiger partial charge is 0.163 e. The van der Waals surface area contributed by atoms with Gasteiger partial charge in [-0.15, -0.1) is 0 Å². The zero-order valence-electron chi connectivity index (χ0n) is 9.23. The van der Waals surface area contributed by atoms with Gasteiger partial charge in [0.05, 0.1) is 11.6 Å². The van der Waals surface area contributed by atoms with Crippen LogP contribution in [0.4, 0.5) is 5.82 Å². The summed E-state index contributed by atoms with van der Waals surface area (Å²) >= 11 is 0. The Labute approximate surface area is 88.5 Å². The van der Waals surface area contributed by atoms with Crippen LogP contribution < -0.4 is 5.32 Å². The predicted octanol–water partition coefficient (Wildman–Crippen LogP) is 1.57. The monoisotopic (exact) mass is 205 g/mol.